The molecule has 1 unspecified atom stereocenters. The molecule has 4 heteroatoms. The Morgan fingerprint density at radius 2 is 2.15 bits per heavy atom. The summed E-state index contributed by atoms with van der Waals surface area (Å²) in [5.41, 5.74) is 5.47. The van der Waals surface area contributed by atoms with Crippen LogP contribution in [0.15, 0.2) is 0 Å². The minimum absolute atomic E-state index is 0.0181. The third-order valence-corrected chi connectivity index (χ3v) is 2.87. The Morgan fingerprint density at radius 1 is 1.62 bits per heavy atom. The normalized spacial score (nSPS) is 33.5. The van der Waals surface area contributed by atoms with Crippen molar-refractivity contribution >= 4 is 5.97 Å². The van der Waals surface area contributed by atoms with Crippen LogP contribution in [0.1, 0.15) is 26.7 Å². The first-order chi connectivity index (χ1) is 5.75. The van der Waals surface area contributed by atoms with Crippen LogP contribution in [0.2, 0.25) is 0 Å². The Labute approximate surface area is 78.7 Å². The van der Waals surface area contributed by atoms with E-state index in [2.05, 4.69) is 18.7 Å². The lowest BCUT2D eigenvalue weighted by atomic mass is 9.88. The Bertz CT molecular complexity index is 228. The predicted octanol–water partition coefficient (Wildman–Crippen LogP) is 0.273. The molecule has 4 nitrogen and oxygen atoms in total. The largest absolute Gasteiger partial charge is 0.481 e. The Hall–Kier alpha value is -0.610. The third kappa shape index (κ3) is 2.19. The molecule has 0 amide bonds. The minimum Gasteiger partial charge on any atom is -0.481 e. The quantitative estimate of drug-likeness (QED) is 0.649. The molecule has 1 aliphatic rings. The van der Waals surface area contributed by atoms with E-state index in [0.29, 0.717) is 6.54 Å². The van der Waals surface area contributed by atoms with Gasteiger partial charge in [-0.3, -0.25) is 9.69 Å². The van der Waals surface area contributed by atoms with E-state index in [9.17, 15) is 4.79 Å². The molecule has 1 saturated heterocycles. The highest BCUT2D eigenvalue weighted by Gasteiger charge is 2.45. The molecule has 13 heavy (non-hydrogen) atoms. The van der Waals surface area contributed by atoms with Gasteiger partial charge in [-0.2, -0.15) is 0 Å². The number of hydrogen-bond donors (Lipinski definition) is 2. The molecule has 1 aliphatic heterocycles. The number of aliphatic carboxylic acids is 1. The van der Waals surface area contributed by atoms with Crippen molar-refractivity contribution in [2.24, 2.45) is 5.73 Å². The number of likely N-dealkylation sites (N-methyl/N-ethyl adjacent to an activating group) is 1. The molecule has 0 radical (unpaired) electrons. The van der Waals surface area contributed by atoms with Crippen LogP contribution in [0.25, 0.3) is 0 Å². The molecule has 0 aromatic heterocycles. The Morgan fingerprint density at radius 3 is 2.46 bits per heavy atom. The second-order valence-electron chi connectivity index (χ2n) is 4.78. The number of nitrogens with two attached hydrogens (primary N) is 1. The van der Waals surface area contributed by atoms with Gasteiger partial charge >= 0.3 is 5.97 Å². The van der Waals surface area contributed by atoms with Crippen molar-refractivity contribution in [3.63, 3.8) is 0 Å². The van der Waals surface area contributed by atoms with E-state index in [1.54, 1.807) is 0 Å². The van der Waals surface area contributed by atoms with Gasteiger partial charge in [-0.05, 0) is 27.3 Å². The van der Waals surface area contributed by atoms with Crippen molar-refractivity contribution < 1.29 is 9.90 Å². The summed E-state index contributed by atoms with van der Waals surface area (Å²) in [6, 6.07) is 0. The van der Waals surface area contributed by atoms with E-state index in [1.165, 1.54) is 0 Å². The molecule has 0 aromatic rings. The van der Waals surface area contributed by atoms with Crippen molar-refractivity contribution in [1.82, 2.24) is 4.90 Å². The van der Waals surface area contributed by atoms with Crippen LogP contribution in [0, 0.1) is 0 Å². The van der Waals surface area contributed by atoms with Gasteiger partial charge in [0.2, 0.25) is 0 Å². The van der Waals surface area contributed by atoms with Crippen molar-refractivity contribution in [3.05, 3.63) is 0 Å². The molecule has 76 valence electrons. The first kappa shape index (κ1) is 10.5. The number of carboxylic acid groups (broad SMARTS) is 1. The zero-order valence-corrected chi connectivity index (χ0v) is 8.50. The van der Waals surface area contributed by atoms with Gasteiger partial charge in [0, 0.05) is 17.6 Å². The number of nitrogens with zero attached hydrogens (tertiary/aromatic N) is 1. The highest BCUT2D eigenvalue weighted by molar-refractivity contribution is 5.68. The van der Waals surface area contributed by atoms with Gasteiger partial charge in [-0.25, -0.2) is 0 Å². The summed E-state index contributed by atoms with van der Waals surface area (Å²) in [7, 11) is 1.98. The Balaban J connectivity index is 2.70. The smallest absolute Gasteiger partial charge is 0.305 e. The summed E-state index contributed by atoms with van der Waals surface area (Å²) in [5, 5.41) is 8.70. The molecule has 0 saturated carbocycles. The van der Waals surface area contributed by atoms with Crippen molar-refractivity contribution in [3.8, 4) is 0 Å². The van der Waals surface area contributed by atoms with Crippen LogP contribution >= 0.6 is 0 Å². The summed E-state index contributed by atoms with van der Waals surface area (Å²) < 4.78 is 0. The predicted molar refractivity (Wildman–Crippen MR) is 50.5 cm³/mol. The number of likely N-dealkylation sites (tertiary alicyclic amines) is 1. The Kier molecular flexibility index (Phi) is 2.38. The number of carboxylic acids is 1. The summed E-state index contributed by atoms with van der Waals surface area (Å²) in [5.74, 6) is -0.811. The maximum absolute atomic E-state index is 10.6. The van der Waals surface area contributed by atoms with E-state index < -0.39 is 11.5 Å². The highest BCUT2D eigenvalue weighted by atomic mass is 16.4. The number of hydrogen-bond acceptors (Lipinski definition) is 3. The van der Waals surface area contributed by atoms with Crippen LogP contribution in [-0.2, 0) is 4.79 Å². The molecule has 1 atom stereocenters. The van der Waals surface area contributed by atoms with E-state index >= 15 is 0 Å². The summed E-state index contributed by atoms with van der Waals surface area (Å²) >= 11 is 0. The maximum atomic E-state index is 10.6. The highest BCUT2D eigenvalue weighted by Crippen LogP contribution is 2.34. The third-order valence-electron chi connectivity index (χ3n) is 2.87. The molecule has 0 aliphatic carbocycles. The molecular formula is C9H18N2O2. The lowest BCUT2D eigenvalue weighted by Gasteiger charge is -2.26. The summed E-state index contributed by atoms with van der Waals surface area (Å²) in [6.45, 7) is 4.83. The molecular weight excluding hydrogens is 168 g/mol. The van der Waals surface area contributed by atoms with Crippen LogP contribution < -0.4 is 5.73 Å². The molecule has 1 rings (SSSR count). The lowest BCUT2D eigenvalue weighted by molar-refractivity contribution is -0.138. The molecule has 0 aromatic carbocycles. The van der Waals surface area contributed by atoms with Gasteiger partial charge in [0.25, 0.3) is 0 Å². The molecule has 0 spiro atoms. The zero-order valence-electron chi connectivity index (χ0n) is 8.50. The first-order valence-electron chi connectivity index (χ1n) is 4.47. The van der Waals surface area contributed by atoms with Crippen molar-refractivity contribution in [2.45, 2.75) is 37.8 Å². The monoisotopic (exact) mass is 186 g/mol. The van der Waals surface area contributed by atoms with Crippen LogP contribution in [0.3, 0.4) is 0 Å². The van der Waals surface area contributed by atoms with Crippen LogP contribution in [-0.4, -0.2) is 40.6 Å². The summed E-state index contributed by atoms with van der Waals surface area (Å²) in [4.78, 5) is 12.7. The number of rotatable bonds is 2. The second-order valence-corrected chi connectivity index (χ2v) is 4.78. The number of carbonyl (C=O) groups is 1. The van der Waals surface area contributed by atoms with E-state index in [1.807, 2.05) is 7.05 Å². The summed E-state index contributed by atoms with van der Waals surface area (Å²) in [6.07, 6.45) is 0.795. The molecule has 0 bridgehead atoms. The van der Waals surface area contributed by atoms with E-state index in [0.717, 1.165) is 6.42 Å². The van der Waals surface area contributed by atoms with Gasteiger partial charge in [-0.1, -0.05) is 0 Å². The lowest BCUT2D eigenvalue weighted by Crippen LogP contribution is -2.44. The second kappa shape index (κ2) is 2.96. The van der Waals surface area contributed by atoms with Gasteiger partial charge in [0.1, 0.15) is 0 Å². The SMILES string of the molecule is CN1CC(N)(CC(=O)O)CC1(C)C. The standard InChI is InChI=1S/C9H18N2O2/c1-8(2)5-9(10,4-7(12)13)6-11(8)3/h4-6,10H2,1-3H3,(H,12,13). The average Bonchev–Trinajstić information content (AvgIpc) is 1.98. The maximum Gasteiger partial charge on any atom is 0.305 e. The van der Waals surface area contributed by atoms with E-state index in [4.69, 9.17) is 10.8 Å². The van der Waals surface area contributed by atoms with Crippen LogP contribution in [0.5, 0.6) is 0 Å². The fraction of sp³-hybridized carbons (Fsp3) is 0.889. The molecule has 1 heterocycles. The van der Waals surface area contributed by atoms with Crippen LogP contribution in [0.4, 0.5) is 0 Å². The topological polar surface area (TPSA) is 66.6 Å². The van der Waals surface area contributed by atoms with Gasteiger partial charge in [0.05, 0.1) is 6.42 Å². The minimum atomic E-state index is -0.811. The van der Waals surface area contributed by atoms with E-state index in [-0.39, 0.29) is 12.0 Å². The van der Waals surface area contributed by atoms with Crippen molar-refractivity contribution in [1.29, 1.82) is 0 Å². The van der Waals surface area contributed by atoms with Gasteiger partial charge < -0.3 is 10.8 Å². The zero-order chi connectivity index (χ0) is 10.3. The fourth-order valence-electron chi connectivity index (χ4n) is 2.16. The van der Waals surface area contributed by atoms with Gasteiger partial charge in [-0.15, -0.1) is 0 Å². The van der Waals surface area contributed by atoms with Gasteiger partial charge in [0.15, 0.2) is 0 Å². The molecule has 1 fully saturated rings. The average molecular weight is 186 g/mol. The fourth-order valence-corrected chi connectivity index (χ4v) is 2.16. The first-order valence-corrected chi connectivity index (χ1v) is 4.47. The van der Waals surface area contributed by atoms with Crippen molar-refractivity contribution in [2.75, 3.05) is 13.6 Å². The molecule has 3 N–H and O–H groups in total.